The van der Waals surface area contributed by atoms with Crippen LogP contribution in [0, 0.1) is 6.92 Å². The van der Waals surface area contributed by atoms with Crippen LogP contribution in [0.15, 0.2) is 42.6 Å². The Morgan fingerprint density at radius 2 is 2.00 bits per heavy atom. The second-order valence-corrected chi connectivity index (χ2v) is 4.85. The summed E-state index contributed by atoms with van der Waals surface area (Å²) in [6, 6.07) is 11.2. The Kier molecular flexibility index (Phi) is 4.58. The molecule has 1 aromatic heterocycles. The molecule has 1 unspecified atom stereocenters. The standard InChI is InChI=1S/C16H20N2O2/c1-3-18(16(20)14-5-4-10-17-14)11-15(19)13-8-6-12(2)7-9-13/h4-10,15,17,19H,3,11H2,1-2H3. The lowest BCUT2D eigenvalue weighted by Crippen LogP contribution is -2.34. The molecule has 0 radical (unpaired) electrons. The maximum Gasteiger partial charge on any atom is 0.270 e. The molecule has 4 heteroatoms. The Bertz CT molecular complexity index is 546. The van der Waals surface area contributed by atoms with Gasteiger partial charge in [-0.05, 0) is 31.5 Å². The predicted octanol–water partition coefficient (Wildman–Crippen LogP) is 2.52. The maximum absolute atomic E-state index is 12.2. The van der Waals surface area contributed by atoms with Gasteiger partial charge in [0, 0.05) is 12.7 Å². The Labute approximate surface area is 119 Å². The zero-order valence-corrected chi connectivity index (χ0v) is 11.8. The summed E-state index contributed by atoms with van der Waals surface area (Å²) in [6.45, 7) is 4.75. The molecule has 0 aliphatic heterocycles. The van der Waals surface area contributed by atoms with Gasteiger partial charge in [0.25, 0.3) is 5.91 Å². The Balaban J connectivity index is 2.06. The molecule has 0 aliphatic rings. The van der Waals surface area contributed by atoms with Gasteiger partial charge in [0.1, 0.15) is 5.69 Å². The number of H-pyrrole nitrogens is 1. The third kappa shape index (κ3) is 3.27. The lowest BCUT2D eigenvalue weighted by atomic mass is 10.1. The number of carbonyl (C=O) groups is 1. The minimum Gasteiger partial charge on any atom is -0.387 e. The summed E-state index contributed by atoms with van der Waals surface area (Å²) in [5.41, 5.74) is 2.52. The smallest absolute Gasteiger partial charge is 0.270 e. The molecule has 0 spiro atoms. The molecule has 1 heterocycles. The van der Waals surface area contributed by atoms with Crippen molar-refractivity contribution in [1.82, 2.24) is 9.88 Å². The van der Waals surface area contributed by atoms with Gasteiger partial charge in [-0.3, -0.25) is 4.79 Å². The molecule has 106 valence electrons. The first-order chi connectivity index (χ1) is 9.61. The molecule has 1 aromatic carbocycles. The molecule has 20 heavy (non-hydrogen) atoms. The van der Waals surface area contributed by atoms with E-state index in [1.807, 2.05) is 38.1 Å². The minimum atomic E-state index is -0.672. The molecule has 2 N–H and O–H groups in total. The van der Waals surface area contributed by atoms with Gasteiger partial charge in [0.2, 0.25) is 0 Å². The number of hydrogen-bond acceptors (Lipinski definition) is 2. The van der Waals surface area contributed by atoms with Crippen LogP contribution >= 0.6 is 0 Å². The Morgan fingerprint density at radius 3 is 2.55 bits per heavy atom. The van der Waals surface area contributed by atoms with Crippen molar-refractivity contribution < 1.29 is 9.90 Å². The average molecular weight is 272 g/mol. The average Bonchev–Trinajstić information content (AvgIpc) is 2.98. The first-order valence-corrected chi connectivity index (χ1v) is 6.79. The minimum absolute atomic E-state index is 0.0938. The third-order valence-corrected chi connectivity index (χ3v) is 3.35. The molecular formula is C16H20N2O2. The largest absolute Gasteiger partial charge is 0.387 e. The number of rotatable bonds is 5. The number of aryl methyl sites for hydroxylation is 1. The van der Waals surface area contributed by atoms with Crippen molar-refractivity contribution >= 4 is 5.91 Å². The number of amides is 1. The highest BCUT2D eigenvalue weighted by atomic mass is 16.3. The van der Waals surface area contributed by atoms with E-state index in [1.54, 1.807) is 23.2 Å². The van der Waals surface area contributed by atoms with Crippen molar-refractivity contribution in [3.05, 3.63) is 59.4 Å². The van der Waals surface area contributed by atoms with E-state index in [-0.39, 0.29) is 12.5 Å². The molecule has 4 nitrogen and oxygen atoms in total. The van der Waals surface area contributed by atoms with Gasteiger partial charge in [0.15, 0.2) is 0 Å². The van der Waals surface area contributed by atoms with Crippen molar-refractivity contribution in [1.29, 1.82) is 0 Å². The van der Waals surface area contributed by atoms with Gasteiger partial charge in [-0.1, -0.05) is 29.8 Å². The first kappa shape index (κ1) is 14.3. The van der Waals surface area contributed by atoms with Crippen LogP contribution in [0.3, 0.4) is 0 Å². The van der Waals surface area contributed by atoms with E-state index in [4.69, 9.17) is 0 Å². The van der Waals surface area contributed by atoms with Crippen molar-refractivity contribution in [2.24, 2.45) is 0 Å². The van der Waals surface area contributed by atoms with Crippen molar-refractivity contribution in [3.8, 4) is 0 Å². The van der Waals surface area contributed by atoms with Crippen LogP contribution in [0.2, 0.25) is 0 Å². The van der Waals surface area contributed by atoms with Crippen LogP contribution in [-0.4, -0.2) is 34.0 Å². The van der Waals surface area contributed by atoms with Crippen LogP contribution in [0.5, 0.6) is 0 Å². The number of likely N-dealkylation sites (N-methyl/N-ethyl adjacent to an activating group) is 1. The van der Waals surface area contributed by atoms with E-state index in [0.717, 1.165) is 11.1 Å². The summed E-state index contributed by atoms with van der Waals surface area (Å²) in [6.07, 6.45) is 1.05. The zero-order valence-electron chi connectivity index (χ0n) is 11.8. The van der Waals surface area contributed by atoms with Crippen LogP contribution in [0.1, 0.15) is 34.6 Å². The SMILES string of the molecule is CCN(CC(O)c1ccc(C)cc1)C(=O)c1ccc[nH]1. The Hall–Kier alpha value is -2.07. The molecule has 0 fully saturated rings. The summed E-state index contributed by atoms with van der Waals surface area (Å²) in [7, 11) is 0. The van der Waals surface area contributed by atoms with E-state index in [9.17, 15) is 9.90 Å². The van der Waals surface area contributed by atoms with E-state index in [0.29, 0.717) is 12.2 Å². The fraction of sp³-hybridized carbons (Fsp3) is 0.312. The molecule has 0 bridgehead atoms. The number of carbonyl (C=O) groups excluding carboxylic acids is 1. The van der Waals surface area contributed by atoms with Gasteiger partial charge >= 0.3 is 0 Å². The van der Waals surface area contributed by atoms with E-state index >= 15 is 0 Å². The number of nitrogens with one attached hydrogen (secondary N) is 1. The fourth-order valence-electron chi connectivity index (χ4n) is 2.09. The zero-order chi connectivity index (χ0) is 14.5. The molecule has 1 amide bonds. The van der Waals surface area contributed by atoms with E-state index in [2.05, 4.69) is 4.98 Å². The monoisotopic (exact) mass is 272 g/mol. The maximum atomic E-state index is 12.2. The number of aliphatic hydroxyl groups is 1. The number of benzene rings is 1. The fourth-order valence-corrected chi connectivity index (χ4v) is 2.09. The van der Waals surface area contributed by atoms with Gasteiger partial charge in [-0.15, -0.1) is 0 Å². The highest BCUT2D eigenvalue weighted by molar-refractivity contribution is 5.92. The van der Waals surface area contributed by atoms with Crippen LogP contribution in [0.4, 0.5) is 0 Å². The van der Waals surface area contributed by atoms with Crippen molar-refractivity contribution in [2.45, 2.75) is 20.0 Å². The third-order valence-electron chi connectivity index (χ3n) is 3.35. The Morgan fingerprint density at radius 1 is 1.30 bits per heavy atom. The molecule has 2 rings (SSSR count). The summed E-state index contributed by atoms with van der Waals surface area (Å²) in [5.74, 6) is -0.0938. The van der Waals surface area contributed by atoms with Crippen molar-refractivity contribution in [2.75, 3.05) is 13.1 Å². The summed E-state index contributed by atoms with van der Waals surface area (Å²) in [5, 5.41) is 10.3. The normalized spacial score (nSPS) is 12.2. The van der Waals surface area contributed by atoms with Crippen LogP contribution in [0.25, 0.3) is 0 Å². The number of nitrogens with zero attached hydrogens (tertiary/aromatic N) is 1. The van der Waals surface area contributed by atoms with Crippen LogP contribution < -0.4 is 0 Å². The lowest BCUT2D eigenvalue weighted by molar-refractivity contribution is 0.0630. The summed E-state index contributed by atoms with van der Waals surface area (Å²) in [4.78, 5) is 16.8. The summed E-state index contributed by atoms with van der Waals surface area (Å²) >= 11 is 0. The molecule has 1 atom stereocenters. The van der Waals surface area contributed by atoms with E-state index in [1.165, 1.54) is 0 Å². The van der Waals surface area contributed by atoms with Crippen LogP contribution in [-0.2, 0) is 0 Å². The lowest BCUT2D eigenvalue weighted by Gasteiger charge is -2.23. The quantitative estimate of drug-likeness (QED) is 0.878. The highest BCUT2D eigenvalue weighted by Gasteiger charge is 2.19. The van der Waals surface area contributed by atoms with Gasteiger partial charge < -0.3 is 15.0 Å². The number of hydrogen-bond donors (Lipinski definition) is 2. The van der Waals surface area contributed by atoms with Gasteiger partial charge in [-0.2, -0.15) is 0 Å². The van der Waals surface area contributed by atoms with Crippen molar-refractivity contribution in [3.63, 3.8) is 0 Å². The van der Waals surface area contributed by atoms with Gasteiger partial charge in [-0.25, -0.2) is 0 Å². The molecule has 0 saturated carbocycles. The second kappa shape index (κ2) is 6.39. The molecular weight excluding hydrogens is 252 g/mol. The van der Waals surface area contributed by atoms with Gasteiger partial charge in [0.05, 0.1) is 12.6 Å². The number of aromatic amines is 1. The van der Waals surface area contributed by atoms with E-state index < -0.39 is 6.10 Å². The summed E-state index contributed by atoms with van der Waals surface area (Å²) < 4.78 is 0. The second-order valence-electron chi connectivity index (χ2n) is 4.85. The molecule has 0 saturated heterocycles. The number of aromatic nitrogens is 1. The first-order valence-electron chi connectivity index (χ1n) is 6.79. The molecule has 0 aliphatic carbocycles. The predicted molar refractivity (Wildman–Crippen MR) is 78.5 cm³/mol. The number of aliphatic hydroxyl groups excluding tert-OH is 1. The highest BCUT2D eigenvalue weighted by Crippen LogP contribution is 2.16. The topological polar surface area (TPSA) is 56.3 Å². The molecule has 2 aromatic rings.